The van der Waals surface area contributed by atoms with E-state index in [0.29, 0.717) is 0 Å². The number of rotatable bonds is 4. The quantitative estimate of drug-likeness (QED) is 0.250. The molecule has 0 aliphatic heterocycles. The number of Topliss-reactive ketones (excluding diaryl/α,β-unsaturated/α-hetero) is 2. The SMILES string of the molecule is C[C@H]1C(O)=C(C(N)=O)C(=O)[C@@]2(O)C(O)=C3C(=O)c4c(O)c(NC(=O)CN(C)C)cc(F)c4C[C@H]3C[C@@H]12. The standard InChI is InChI=1S/C24H26FN3O8/c1-8-11-5-9-4-10-12(25)6-13(27-14(29)7-28(2)3)19(31)16(10)20(32)15(9)21(33)24(11,36)22(34)17(18(8)30)23(26)35/h6,8-9,11,30-31,33,36H,4-5,7H2,1-3H3,(H2,26,35)(H,27,29)/t8-,9+,11+,24+/m1/s1. The van der Waals surface area contributed by atoms with Gasteiger partial charge in [0.05, 0.1) is 17.8 Å². The maximum absolute atomic E-state index is 15.1. The van der Waals surface area contributed by atoms with Crippen molar-refractivity contribution in [2.75, 3.05) is 26.0 Å². The van der Waals surface area contributed by atoms with E-state index in [1.54, 1.807) is 14.1 Å². The second kappa shape index (κ2) is 8.42. The number of aliphatic hydroxyl groups is 3. The number of hydrogen-bond donors (Lipinski definition) is 6. The molecule has 0 fully saturated rings. The molecule has 1 aromatic carbocycles. The predicted molar refractivity (Wildman–Crippen MR) is 123 cm³/mol. The van der Waals surface area contributed by atoms with Gasteiger partial charge in [-0.3, -0.25) is 19.2 Å². The Balaban J connectivity index is 1.85. The van der Waals surface area contributed by atoms with Gasteiger partial charge in [-0.05, 0) is 32.9 Å². The predicted octanol–water partition coefficient (Wildman–Crippen LogP) is 0.466. The van der Waals surface area contributed by atoms with Crippen LogP contribution >= 0.6 is 0 Å². The van der Waals surface area contributed by atoms with Crippen molar-refractivity contribution >= 4 is 29.1 Å². The van der Waals surface area contributed by atoms with Crippen LogP contribution < -0.4 is 11.1 Å². The summed E-state index contributed by atoms with van der Waals surface area (Å²) in [4.78, 5) is 52.1. The summed E-state index contributed by atoms with van der Waals surface area (Å²) >= 11 is 0. The fourth-order valence-corrected chi connectivity index (χ4v) is 5.53. The van der Waals surface area contributed by atoms with E-state index in [4.69, 9.17) is 5.73 Å². The number of ketones is 2. The van der Waals surface area contributed by atoms with Gasteiger partial charge in [0, 0.05) is 29.0 Å². The summed E-state index contributed by atoms with van der Waals surface area (Å²) in [5.41, 5.74) is 0.161. The van der Waals surface area contributed by atoms with Crippen LogP contribution in [0.15, 0.2) is 28.7 Å². The number of likely N-dealkylation sites (N-methyl/N-ethyl adjacent to an activating group) is 1. The molecule has 4 atom stereocenters. The number of halogens is 1. The number of amides is 2. The molecule has 0 aromatic heterocycles. The minimum atomic E-state index is -2.74. The number of anilines is 1. The summed E-state index contributed by atoms with van der Waals surface area (Å²) in [7, 11) is 3.25. The van der Waals surface area contributed by atoms with Crippen molar-refractivity contribution in [2.24, 2.45) is 23.5 Å². The van der Waals surface area contributed by atoms with Crippen molar-refractivity contribution < 1.29 is 44.0 Å². The molecule has 0 heterocycles. The highest BCUT2D eigenvalue weighted by Crippen LogP contribution is 2.53. The first-order chi connectivity index (χ1) is 16.7. The highest BCUT2D eigenvalue weighted by molar-refractivity contribution is 6.24. The lowest BCUT2D eigenvalue weighted by atomic mass is 9.57. The fourth-order valence-electron chi connectivity index (χ4n) is 5.53. The molecule has 3 aliphatic rings. The Bertz CT molecular complexity index is 1300. The van der Waals surface area contributed by atoms with Crippen molar-refractivity contribution in [2.45, 2.75) is 25.4 Å². The minimum absolute atomic E-state index is 0.0859. The maximum Gasteiger partial charge on any atom is 0.255 e. The molecule has 2 amide bonds. The van der Waals surface area contributed by atoms with E-state index in [1.807, 2.05) is 0 Å². The largest absolute Gasteiger partial charge is 0.511 e. The molecule has 1 aromatic rings. The summed E-state index contributed by atoms with van der Waals surface area (Å²) in [5.74, 6) is -10.6. The third-order valence-electron chi connectivity index (χ3n) is 7.22. The fraction of sp³-hybridized carbons (Fsp3) is 0.417. The number of phenolic OH excluding ortho intramolecular Hbond substituents is 1. The first kappa shape index (κ1) is 25.3. The van der Waals surface area contributed by atoms with Gasteiger partial charge < -0.3 is 36.4 Å². The number of benzene rings is 1. The highest BCUT2D eigenvalue weighted by atomic mass is 19.1. The molecule has 3 aliphatic carbocycles. The summed E-state index contributed by atoms with van der Waals surface area (Å²) in [5, 5.41) is 46.0. The van der Waals surface area contributed by atoms with Crippen molar-refractivity contribution in [1.82, 2.24) is 4.90 Å². The van der Waals surface area contributed by atoms with E-state index < -0.39 is 86.5 Å². The van der Waals surface area contributed by atoms with Crippen molar-refractivity contribution in [3.63, 3.8) is 0 Å². The minimum Gasteiger partial charge on any atom is -0.511 e. The molecule has 0 radical (unpaired) electrons. The van der Waals surface area contributed by atoms with E-state index in [2.05, 4.69) is 5.32 Å². The van der Waals surface area contributed by atoms with Crippen molar-refractivity contribution in [3.05, 3.63) is 45.7 Å². The van der Waals surface area contributed by atoms with Crippen LogP contribution in [0.1, 0.15) is 29.3 Å². The van der Waals surface area contributed by atoms with E-state index in [0.717, 1.165) is 6.07 Å². The zero-order valence-electron chi connectivity index (χ0n) is 19.8. The maximum atomic E-state index is 15.1. The Kier molecular flexibility index (Phi) is 5.92. The lowest BCUT2D eigenvalue weighted by Crippen LogP contribution is -2.59. The van der Waals surface area contributed by atoms with Gasteiger partial charge in [-0.25, -0.2) is 4.39 Å². The monoisotopic (exact) mass is 503 g/mol. The summed E-state index contributed by atoms with van der Waals surface area (Å²) < 4.78 is 15.1. The Morgan fingerprint density at radius 2 is 1.89 bits per heavy atom. The number of nitrogens with zero attached hydrogens (tertiary/aromatic N) is 1. The van der Waals surface area contributed by atoms with E-state index in [-0.39, 0.29) is 30.6 Å². The summed E-state index contributed by atoms with van der Waals surface area (Å²) in [6.07, 6.45) is -0.294. The summed E-state index contributed by atoms with van der Waals surface area (Å²) in [6.45, 7) is 1.34. The number of hydrogen-bond acceptors (Lipinski definition) is 9. The number of fused-ring (bicyclic) bond motifs is 3. The second-order valence-electron chi connectivity index (χ2n) is 9.74. The van der Waals surface area contributed by atoms with Gasteiger partial charge >= 0.3 is 0 Å². The van der Waals surface area contributed by atoms with Crippen LogP contribution in [0.25, 0.3) is 0 Å². The Morgan fingerprint density at radius 3 is 2.47 bits per heavy atom. The lowest BCUT2D eigenvalue weighted by molar-refractivity contribution is -0.147. The number of nitrogens with two attached hydrogens (primary N) is 1. The molecule has 4 rings (SSSR count). The average molecular weight is 503 g/mol. The first-order valence-corrected chi connectivity index (χ1v) is 11.2. The third kappa shape index (κ3) is 3.47. The molecule has 0 spiro atoms. The number of aliphatic hydroxyl groups excluding tert-OH is 2. The van der Waals surface area contributed by atoms with Gasteiger partial charge in [0.25, 0.3) is 5.91 Å². The number of phenols is 1. The van der Waals surface area contributed by atoms with E-state index >= 15 is 4.39 Å². The molecule has 0 saturated heterocycles. The van der Waals surface area contributed by atoms with E-state index in [9.17, 15) is 39.6 Å². The van der Waals surface area contributed by atoms with Crippen LogP contribution in [-0.4, -0.2) is 74.9 Å². The Hall–Kier alpha value is -3.77. The Labute approximate surface area is 204 Å². The number of carbonyl (C=O) groups is 4. The Morgan fingerprint density at radius 1 is 1.25 bits per heavy atom. The molecule has 0 bridgehead atoms. The van der Waals surface area contributed by atoms with Crippen LogP contribution in [0.5, 0.6) is 5.75 Å². The molecular weight excluding hydrogens is 477 g/mol. The molecule has 7 N–H and O–H groups in total. The number of carbonyl (C=O) groups excluding carboxylic acids is 4. The van der Waals surface area contributed by atoms with E-state index in [1.165, 1.54) is 11.8 Å². The summed E-state index contributed by atoms with van der Waals surface area (Å²) in [6, 6.07) is 0.892. The van der Waals surface area contributed by atoms with Gasteiger partial charge in [-0.15, -0.1) is 0 Å². The van der Waals surface area contributed by atoms with Gasteiger partial charge in [0.15, 0.2) is 17.1 Å². The molecule has 192 valence electrons. The highest BCUT2D eigenvalue weighted by Gasteiger charge is 2.62. The molecule has 0 unspecified atom stereocenters. The van der Waals surface area contributed by atoms with Gasteiger partial charge in [-0.1, -0.05) is 6.92 Å². The molecular formula is C24H26FN3O8. The number of primary amides is 1. The van der Waals surface area contributed by atoms with Crippen LogP contribution in [0.3, 0.4) is 0 Å². The van der Waals surface area contributed by atoms with Gasteiger partial charge in [0.1, 0.15) is 22.9 Å². The number of aromatic hydroxyl groups is 1. The van der Waals surface area contributed by atoms with Crippen LogP contribution in [0, 0.1) is 23.6 Å². The van der Waals surface area contributed by atoms with Crippen LogP contribution in [0.2, 0.25) is 0 Å². The van der Waals surface area contributed by atoms with Crippen molar-refractivity contribution in [3.8, 4) is 5.75 Å². The lowest BCUT2D eigenvalue weighted by Gasteiger charge is -2.48. The zero-order chi connectivity index (χ0) is 26.9. The topological polar surface area (TPSA) is 190 Å². The zero-order valence-corrected chi connectivity index (χ0v) is 19.8. The van der Waals surface area contributed by atoms with Crippen molar-refractivity contribution in [1.29, 1.82) is 0 Å². The van der Waals surface area contributed by atoms with Crippen LogP contribution in [0.4, 0.5) is 10.1 Å². The van der Waals surface area contributed by atoms with Gasteiger partial charge in [0.2, 0.25) is 11.7 Å². The number of nitrogens with one attached hydrogen (secondary N) is 1. The molecule has 36 heavy (non-hydrogen) atoms. The molecule has 12 heteroatoms. The van der Waals surface area contributed by atoms with Crippen LogP contribution in [-0.2, 0) is 20.8 Å². The molecule has 11 nitrogen and oxygen atoms in total. The van der Waals surface area contributed by atoms with Gasteiger partial charge in [-0.2, -0.15) is 0 Å². The average Bonchev–Trinajstić information content (AvgIpc) is 2.77. The molecule has 0 saturated carbocycles. The first-order valence-electron chi connectivity index (χ1n) is 11.2. The smallest absolute Gasteiger partial charge is 0.255 e. The third-order valence-corrected chi connectivity index (χ3v) is 7.22. The normalized spacial score (nSPS) is 27.6. The number of allylic oxidation sites excluding steroid dienone is 2. The second-order valence-corrected chi connectivity index (χ2v) is 9.74.